The summed E-state index contributed by atoms with van der Waals surface area (Å²) in [5, 5.41) is 11.7. The molecule has 124 valence electrons. The van der Waals surface area contributed by atoms with Gasteiger partial charge in [-0.15, -0.1) is 0 Å². The van der Waals surface area contributed by atoms with E-state index in [1.807, 2.05) is 42.2 Å². The molecule has 1 N–H and O–H groups in total. The van der Waals surface area contributed by atoms with Crippen LogP contribution in [0.25, 0.3) is 0 Å². The Hall–Kier alpha value is -2.41. The summed E-state index contributed by atoms with van der Waals surface area (Å²) in [4.78, 5) is 11.9. The van der Waals surface area contributed by atoms with Crippen LogP contribution in [0.2, 0.25) is 0 Å². The Labute approximate surface area is 148 Å². The summed E-state index contributed by atoms with van der Waals surface area (Å²) in [6, 6.07) is 10.2. The maximum atomic E-state index is 11.9. The number of rotatable bonds is 5. The number of hydrogen-bond acceptors (Lipinski definition) is 4. The van der Waals surface area contributed by atoms with E-state index in [0.717, 1.165) is 12.1 Å². The number of nitrogens with one attached hydrogen (secondary N) is 1. The molecule has 1 atom stereocenters. The van der Waals surface area contributed by atoms with E-state index >= 15 is 0 Å². The highest BCUT2D eigenvalue weighted by Gasteiger charge is 2.12. The molecule has 2 aromatic heterocycles. The van der Waals surface area contributed by atoms with Crippen molar-refractivity contribution < 1.29 is 0 Å². The number of halogens is 1. The van der Waals surface area contributed by atoms with Gasteiger partial charge < -0.3 is 5.32 Å². The lowest BCUT2D eigenvalue weighted by molar-refractivity contribution is 0.685. The molecule has 0 aliphatic carbocycles. The minimum Gasteiger partial charge on any atom is -0.376 e. The predicted octanol–water partition coefficient (Wildman–Crippen LogP) is 2.96. The quantitative estimate of drug-likeness (QED) is 0.730. The fraction of sp³-hybridized carbons (Fsp3) is 0.235. The van der Waals surface area contributed by atoms with Gasteiger partial charge in [0.15, 0.2) is 0 Å². The van der Waals surface area contributed by atoms with Gasteiger partial charge in [0.1, 0.15) is 4.47 Å². The monoisotopic (exact) mass is 387 g/mol. The average Bonchev–Trinajstić information content (AvgIpc) is 3.05. The van der Waals surface area contributed by atoms with E-state index < -0.39 is 0 Å². The van der Waals surface area contributed by atoms with Crippen LogP contribution in [0.4, 0.5) is 5.69 Å². The second-order valence-electron chi connectivity index (χ2n) is 5.62. The van der Waals surface area contributed by atoms with Crippen molar-refractivity contribution in [2.45, 2.75) is 19.5 Å². The third-order valence-electron chi connectivity index (χ3n) is 3.79. The van der Waals surface area contributed by atoms with Crippen LogP contribution < -0.4 is 10.9 Å². The zero-order valence-corrected chi connectivity index (χ0v) is 15.1. The molecule has 0 aliphatic heterocycles. The number of hydrogen-bond donors (Lipinski definition) is 1. The lowest BCUT2D eigenvalue weighted by atomic mass is 10.2. The molecule has 6 nitrogen and oxygen atoms in total. The van der Waals surface area contributed by atoms with E-state index in [1.165, 1.54) is 10.2 Å². The second kappa shape index (κ2) is 7.00. The minimum atomic E-state index is -0.174. The molecular weight excluding hydrogens is 370 g/mol. The van der Waals surface area contributed by atoms with Gasteiger partial charge in [-0.1, -0.05) is 30.3 Å². The van der Waals surface area contributed by atoms with Crippen LogP contribution in [-0.2, 0) is 13.6 Å². The first-order valence-electron chi connectivity index (χ1n) is 7.59. The van der Waals surface area contributed by atoms with E-state index in [1.54, 1.807) is 13.2 Å². The van der Waals surface area contributed by atoms with Crippen LogP contribution >= 0.6 is 15.9 Å². The summed E-state index contributed by atoms with van der Waals surface area (Å²) >= 11 is 3.32. The Morgan fingerprint density at radius 2 is 1.96 bits per heavy atom. The van der Waals surface area contributed by atoms with Gasteiger partial charge in [0.25, 0.3) is 5.56 Å². The van der Waals surface area contributed by atoms with Gasteiger partial charge in [0.05, 0.1) is 30.7 Å². The number of aromatic nitrogens is 4. The van der Waals surface area contributed by atoms with Crippen LogP contribution in [-0.4, -0.2) is 19.6 Å². The number of aryl methyl sites for hydroxylation is 1. The summed E-state index contributed by atoms with van der Waals surface area (Å²) in [6.45, 7) is 2.75. The number of anilines is 1. The highest BCUT2D eigenvalue weighted by molar-refractivity contribution is 9.10. The summed E-state index contributed by atoms with van der Waals surface area (Å²) in [5.41, 5.74) is 2.73. The standard InChI is InChI=1S/C17H18BrN5O/c1-12(21-15-9-19-22(2)17(24)16(15)18)14-8-20-23(11-14)10-13-6-4-3-5-7-13/h3-9,11-12,21H,10H2,1-2H3. The average molecular weight is 388 g/mol. The Balaban J connectivity index is 1.73. The van der Waals surface area contributed by atoms with Crippen LogP contribution in [0, 0.1) is 0 Å². The van der Waals surface area contributed by atoms with Crippen molar-refractivity contribution in [1.29, 1.82) is 0 Å². The van der Waals surface area contributed by atoms with Crippen molar-refractivity contribution >= 4 is 21.6 Å². The SMILES string of the molecule is CC(Nc1cnn(C)c(=O)c1Br)c1cnn(Cc2ccccc2)c1. The van der Waals surface area contributed by atoms with Crippen molar-refractivity contribution in [2.75, 3.05) is 5.32 Å². The fourth-order valence-corrected chi connectivity index (χ4v) is 2.86. The first-order valence-corrected chi connectivity index (χ1v) is 8.38. The van der Waals surface area contributed by atoms with E-state index in [9.17, 15) is 4.79 Å². The Morgan fingerprint density at radius 1 is 1.21 bits per heavy atom. The van der Waals surface area contributed by atoms with Crippen LogP contribution in [0.15, 0.2) is 58.2 Å². The molecule has 3 rings (SSSR count). The first kappa shape index (κ1) is 16.4. The van der Waals surface area contributed by atoms with Crippen molar-refractivity contribution in [3.05, 3.63) is 74.9 Å². The molecule has 0 saturated heterocycles. The fourth-order valence-electron chi connectivity index (χ4n) is 2.39. The molecule has 0 fully saturated rings. The summed E-state index contributed by atoms with van der Waals surface area (Å²) < 4.78 is 3.67. The first-order chi connectivity index (χ1) is 11.5. The van der Waals surface area contributed by atoms with Gasteiger partial charge in [0.2, 0.25) is 0 Å². The topological polar surface area (TPSA) is 64.7 Å². The van der Waals surface area contributed by atoms with Crippen LogP contribution in [0.1, 0.15) is 24.1 Å². The number of nitrogens with zero attached hydrogens (tertiary/aromatic N) is 4. The molecule has 24 heavy (non-hydrogen) atoms. The van der Waals surface area contributed by atoms with Crippen LogP contribution in [0.5, 0.6) is 0 Å². The maximum Gasteiger partial charge on any atom is 0.282 e. The summed E-state index contributed by atoms with van der Waals surface area (Å²) in [5.74, 6) is 0. The van der Waals surface area contributed by atoms with Gasteiger partial charge in [-0.25, -0.2) is 4.68 Å². The molecule has 0 spiro atoms. The molecule has 3 aromatic rings. The van der Waals surface area contributed by atoms with Crippen molar-refractivity contribution in [2.24, 2.45) is 7.05 Å². The van der Waals surface area contributed by atoms with E-state index in [2.05, 4.69) is 43.6 Å². The lowest BCUT2D eigenvalue weighted by Crippen LogP contribution is -2.22. The molecule has 7 heteroatoms. The second-order valence-corrected chi connectivity index (χ2v) is 6.42. The zero-order valence-electron chi connectivity index (χ0n) is 13.5. The van der Waals surface area contributed by atoms with E-state index in [0.29, 0.717) is 10.2 Å². The van der Waals surface area contributed by atoms with Crippen LogP contribution in [0.3, 0.4) is 0 Å². The Kier molecular flexibility index (Phi) is 4.80. The number of benzene rings is 1. The molecule has 1 aromatic carbocycles. The molecule has 2 heterocycles. The van der Waals surface area contributed by atoms with Crippen molar-refractivity contribution in [3.63, 3.8) is 0 Å². The maximum absolute atomic E-state index is 11.9. The third-order valence-corrected chi connectivity index (χ3v) is 4.56. The molecule has 0 bridgehead atoms. The predicted molar refractivity (Wildman–Crippen MR) is 97.0 cm³/mol. The van der Waals surface area contributed by atoms with Gasteiger partial charge in [-0.2, -0.15) is 10.2 Å². The van der Waals surface area contributed by atoms with Gasteiger partial charge in [-0.3, -0.25) is 9.48 Å². The molecule has 1 unspecified atom stereocenters. The normalized spacial score (nSPS) is 12.1. The smallest absolute Gasteiger partial charge is 0.282 e. The Bertz CT molecular complexity index is 887. The summed E-state index contributed by atoms with van der Waals surface area (Å²) in [6.07, 6.45) is 5.48. The molecular formula is C17H18BrN5O. The van der Waals surface area contributed by atoms with Gasteiger partial charge in [-0.05, 0) is 28.4 Å². The highest BCUT2D eigenvalue weighted by Crippen LogP contribution is 2.23. The summed E-state index contributed by atoms with van der Waals surface area (Å²) in [7, 11) is 1.62. The third kappa shape index (κ3) is 3.56. The van der Waals surface area contributed by atoms with Crippen molar-refractivity contribution in [1.82, 2.24) is 19.6 Å². The zero-order chi connectivity index (χ0) is 17.1. The largest absolute Gasteiger partial charge is 0.376 e. The Morgan fingerprint density at radius 3 is 2.71 bits per heavy atom. The minimum absolute atomic E-state index is 0.000250. The molecule has 0 saturated carbocycles. The van der Waals surface area contributed by atoms with E-state index in [4.69, 9.17) is 0 Å². The van der Waals surface area contributed by atoms with Gasteiger partial charge in [0, 0.05) is 18.8 Å². The molecule has 0 aliphatic rings. The van der Waals surface area contributed by atoms with Gasteiger partial charge >= 0.3 is 0 Å². The molecule has 0 radical (unpaired) electrons. The molecule has 0 amide bonds. The highest BCUT2D eigenvalue weighted by atomic mass is 79.9. The van der Waals surface area contributed by atoms with E-state index in [-0.39, 0.29) is 11.6 Å². The van der Waals surface area contributed by atoms with Crippen molar-refractivity contribution in [3.8, 4) is 0 Å². The lowest BCUT2D eigenvalue weighted by Gasteiger charge is -2.14.